The summed E-state index contributed by atoms with van der Waals surface area (Å²) in [5.74, 6) is 0. The van der Waals surface area contributed by atoms with Crippen LogP contribution in [0.3, 0.4) is 0 Å². The Balaban J connectivity index is 0.000000156. The number of hydrogen-bond acceptors (Lipinski definition) is 8. The second-order valence-electron chi connectivity index (χ2n) is 11.9. The van der Waals surface area contributed by atoms with Gasteiger partial charge >= 0.3 is 0 Å². The minimum Gasteiger partial charge on any atom is -0.344 e. The lowest BCUT2D eigenvalue weighted by Gasteiger charge is -2.06. The van der Waals surface area contributed by atoms with Crippen LogP contribution in [0.5, 0.6) is 0 Å². The summed E-state index contributed by atoms with van der Waals surface area (Å²) >= 11 is 0. The molecule has 0 bridgehead atoms. The topological polar surface area (TPSA) is 142 Å². The van der Waals surface area contributed by atoms with Crippen molar-refractivity contribution >= 4 is 32.1 Å². The molecule has 12 nitrogen and oxygen atoms in total. The number of benzene rings is 3. The molecule has 0 radical (unpaired) electrons. The van der Waals surface area contributed by atoms with Crippen LogP contribution in [0, 0.1) is 0 Å². The molecule has 0 unspecified atom stereocenters. The molecule has 1 N–H and O–H groups in total. The fraction of sp³-hybridized carbons (Fsp3) is 0.0526. The monoisotopic (exact) mass is 690 g/mol. The highest BCUT2D eigenvalue weighted by Crippen LogP contribution is 2.34. The van der Waals surface area contributed by atoms with E-state index in [0.29, 0.717) is 11.1 Å². The van der Waals surface area contributed by atoms with E-state index in [0.717, 1.165) is 50.1 Å². The van der Waals surface area contributed by atoms with E-state index in [4.69, 9.17) is 0 Å². The van der Waals surface area contributed by atoms with Crippen molar-refractivity contribution in [1.82, 2.24) is 48.9 Å². The molecular formula is C38H30N10O2S. The Labute approximate surface area is 292 Å². The first-order valence-electron chi connectivity index (χ1n) is 16.0. The Morgan fingerprint density at radius 3 is 1.67 bits per heavy atom. The van der Waals surface area contributed by atoms with Crippen molar-refractivity contribution in [3.63, 3.8) is 0 Å². The third kappa shape index (κ3) is 6.06. The molecule has 0 aliphatic carbocycles. The fourth-order valence-corrected chi connectivity index (χ4v) is 7.23. The average molecular weight is 691 g/mol. The van der Waals surface area contributed by atoms with Gasteiger partial charge in [0.25, 0.3) is 10.0 Å². The highest BCUT2D eigenvalue weighted by atomic mass is 32.2. The van der Waals surface area contributed by atoms with Crippen LogP contribution in [-0.2, 0) is 24.1 Å². The maximum atomic E-state index is 13.3. The molecule has 250 valence electrons. The number of hydrogen-bond donors (Lipinski definition) is 1. The molecule has 0 saturated heterocycles. The molecule has 0 atom stereocenters. The van der Waals surface area contributed by atoms with Gasteiger partial charge in [-0.2, -0.15) is 10.2 Å². The van der Waals surface area contributed by atoms with Crippen molar-refractivity contribution < 1.29 is 8.42 Å². The largest absolute Gasteiger partial charge is 0.344 e. The van der Waals surface area contributed by atoms with E-state index >= 15 is 0 Å². The molecule has 0 aliphatic rings. The molecule has 9 aromatic rings. The van der Waals surface area contributed by atoms with Crippen LogP contribution >= 0.6 is 0 Å². The second kappa shape index (κ2) is 12.9. The van der Waals surface area contributed by atoms with Gasteiger partial charge in [-0.15, -0.1) is 20.4 Å². The number of aromatic amines is 1. The molecule has 0 saturated carbocycles. The number of H-pyrrole nitrogens is 1. The summed E-state index contributed by atoms with van der Waals surface area (Å²) in [7, 11) is -0.108. The number of rotatable bonds is 6. The van der Waals surface area contributed by atoms with Gasteiger partial charge in [0.15, 0.2) is 11.3 Å². The summed E-state index contributed by atoms with van der Waals surface area (Å²) in [4.78, 5) is 3.35. The van der Waals surface area contributed by atoms with Gasteiger partial charge in [-0.3, -0.25) is 9.36 Å². The molecule has 0 spiro atoms. The number of aryl methyl sites for hydroxylation is 2. The average Bonchev–Trinajstić information content (AvgIpc) is 3.98. The molecule has 6 heterocycles. The fourth-order valence-electron chi connectivity index (χ4n) is 5.89. The standard InChI is InChI=1S/C22H17N5O2S.C16H13N5/c1-26-14-17(13-23-26)20-15-27(30(28,29)18-10-6-3-7-11-18)22-19(20)12-21(24-25-22)16-8-4-2-5-9-16;1-21-10-12(8-18-21)14-9-17-16-13(14)7-15(19-20-16)11-5-3-2-4-6-11/h2-15H,1H3;2-10H,1H3,(H,17,20). The van der Waals surface area contributed by atoms with Crippen LogP contribution in [-0.4, -0.2) is 57.3 Å². The van der Waals surface area contributed by atoms with Crippen LogP contribution in [0.4, 0.5) is 0 Å². The van der Waals surface area contributed by atoms with Crippen LogP contribution in [0.15, 0.2) is 145 Å². The Hall–Kier alpha value is -6.73. The minimum absolute atomic E-state index is 0.188. The molecule has 0 amide bonds. The predicted octanol–water partition coefficient (Wildman–Crippen LogP) is 6.76. The quantitative estimate of drug-likeness (QED) is 0.202. The van der Waals surface area contributed by atoms with Crippen LogP contribution in [0.25, 0.3) is 66.8 Å². The zero-order chi connectivity index (χ0) is 35.0. The first kappa shape index (κ1) is 31.5. The van der Waals surface area contributed by atoms with Crippen molar-refractivity contribution in [1.29, 1.82) is 0 Å². The van der Waals surface area contributed by atoms with Crippen molar-refractivity contribution in [2.45, 2.75) is 4.90 Å². The maximum Gasteiger partial charge on any atom is 0.269 e. The van der Waals surface area contributed by atoms with Gasteiger partial charge in [0.1, 0.15) is 0 Å². The van der Waals surface area contributed by atoms with Crippen LogP contribution in [0.2, 0.25) is 0 Å². The summed E-state index contributed by atoms with van der Waals surface area (Å²) in [6.45, 7) is 0. The number of aromatic nitrogens is 10. The van der Waals surface area contributed by atoms with E-state index in [2.05, 4.69) is 41.6 Å². The third-order valence-electron chi connectivity index (χ3n) is 8.43. The lowest BCUT2D eigenvalue weighted by molar-refractivity contribution is 0.588. The van der Waals surface area contributed by atoms with Crippen molar-refractivity contribution in [2.75, 3.05) is 0 Å². The summed E-state index contributed by atoms with van der Waals surface area (Å²) in [5, 5.41) is 27.4. The van der Waals surface area contributed by atoms with E-state index < -0.39 is 10.0 Å². The molecule has 6 aromatic heterocycles. The molecule has 51 heavy (non-hydrogen) atoms. The van der Waals surface area contributed by atoms with Crippen LogP contribution < -0.4 is 0 Å². The van der Waals surface area contributed by atoms with Gasteiger partial charge in [-0.25, -0.2) is 12.4 Å². The summed E-state index contributed by atoms with van der Waals surface area (Å²) < 4.78 is 31.3. The first-order valence-corrected chi connectivity index (χ1v) is 17.4. The van der Waals surface area contributed by atoms with Gasteiger partial charge in [-0.1, -0.05) is 78.9 Å². The van der Waals surface area contributed by atoms with Gasteiger partial charge < -0.3 is 4.98 Å². The van der Waals surface area contributed by atoms with E-state index in [1.165, 1.54) is 3.97 Å². The smallest absolute Gasteiger partial charge is 0.269 e. The lowest BCUT2D eigenvalue weighted by Crippen LogP contribution is -2.12. The normalized spacial score (nSPS) is 11.5. The summed E-state index contributed by atoms with van der Waals surface area (Å²) in [6.07, 6.45) is 10.9. The first-order chi connectivity index (χ1) is 24.8. The number of nitrogens with one attached hydrogen (secondary N) is 1. The summed E-state index contributed by atoms with van der Waals surface area (Å²) in [5.41, 5.74) is 8.25. The number of nitrogens with zero attached hydrogens (tertiary/aromatic N) is 9. The zero-order valence-corrected chi connectivity index (χ0v) is 28.3. The Morgan fingerprint density at radius 2 is 1.10 bits per heavy atom. The molecular weight excluding hydrogens is 661 g/mol. The summed E-state index contributed by atoms with van der Waals surface area (Å²) in [6, 6.07) is 32.0. The van der Waals surface area contributed by atoms with Gasteiger partial charge in [0, 0.05) is 83.0 Å². The van der Waals surface area contributed by atoms with E-state index in [1.54, 1.807) is 52.1 Å². The Bertz CT molecular complexity index is 2730. The molecule has 0 aliphatic heterocycles. The van der Waals surface area contributed by atoms with Gasteiger partial charge in [-0.05, 0) is 24.3 Å². The Morgan fingerprint density at radius 1 is 0.569 bits per heavy atom. The zero-order valence-electron chi connectivity index (χ0n) is 27.5. The number of fused-ring (bicyclic) bond motifs is 2. The minimum atomic E-state index is -3.84. The van der Waals surface area contributed by atoms with Gasteiger partial charge in [0.05, 0.1) is 28.7 Å². The third-order valence-corrected chi connectivity index (χ3v) is 10.1. The van der Waals surface area contributed by atoms with Crippen molar-refractivity contribution in [3.8, 4) is 44.8 Å². The maximum absolute atomic E-state index is 13.3. The predicted molar refractivity (Wildman–Crippen MR) is 196 cm³/mol. The highest BCUT2D eigenvalue weighted by Gasteiger charge is 2.24. The van der Waals surface area contributed by atoms with E-state index in [9.17, 15) is 8.42 Å². The van der Waals surface area contributed by atoms with Crippen LogP contribution in [0.1, 0.15) is 0 Å². The lowest BCUT2D eigenvalue weighted by atomic mass is 10.1. The van der Waals surface area contributed by atoms with Gasteiger partial charge in [0.2, 0.25) is 0 Å². The van der Waals surface area contributed by atoms with Crippen molar-refractivity contribution in [3.05, 3.63) is 140 Å². The van der Waals surface area contributed by atoms with Crippen molar-refractivity contribution in [2.24, 2.45) is 14.1 Å². The Kier molecular flexibility index (Phi) is 8.01. The molecule has 13 heteroatoms. The molecule has 0 fully saturated rings. The molecule has 3 aromatic carbocycles. The highest BCUT2D eigenvalue weighted by molar-refractivity contribution is 7.90. The molecule has 9 rings (SSSR count). The van der Waals surface area contributed by atoms with E-state index in [1.807, 2.05) is 106 Å². The SMILES string of the molecule is Cn1cc(-c2c[nH]c3nnc(-c4ccccc4)cc23)cn1.Cn1cc(-c2cn(S(=O)(=O)c3ccccc3)c3nnc(-c4ccccc4)cc23)cn1. The second-order valence-corrected chi connectivity index (χ2v) is 13.7. The van der Waals surface area contributed by atoms with E-state index in [-0.39, 0.29) is 10.5 Å².